The number of carbonyl (C=O) groups is 1. The number of nitrogens with one attached hydrogen (secondary N) is 1. The van der Waals surface area contributed by atoms with E-state index in [1.807, 2.05) is 86.6 Å². The molecule has 4 rings (SSSR count). The molecule has 0 aliphatic heterocycles. The minimum atomic E-state index is -0.695. The highest BCUT2D eigenvalue weighted by atomic mass is 16.5. The SMILES string of the molecule is CCO[C@H](Cc1ccc(OCCn2c(CC)nc3ccccc3c2=O)cc1)C(=O)N[C@H](CO)c1ccccc1. The van der Waals surface area contributed by atoms with Gasteiger partial charge in [0.25, 0.3) is 5.56 Å². The standard InChI is InChI=1S/C31H35N3O5/c1-3-29-32-26-13-9-8-12-25(26)31(37)34(29)18-19-39-24-16-14-22(15-17-24)20-28(38-4-2)30(36)33-27(21-35)23-10-6-5-7-11-23/h5-17,27-28,35H,3-4,18-21H2,1-2H3,(H,33,36)/t27-,28-/m1/s1. The predicted octanol–water partition coefficient (Wildman–Crippen LogP) is 3.84. The van der Waals surface area contributed by atoms with Crippen LogP contribution < -0.4 is 15.6 Å². The molecule has 0 aliphatic rings. The van der Waals surface area contributed by atoms with Crippen LogP contribution >= 0.6 is 0 Å². The molecule has 39 heavy (non-hydrogen) atoms. The minimum absolute atomic E-state index is 0.0626. The summed E-state index contributed by atoms with van der Waals surface area (Å²) < 4.78 is 13.3. The van der Waals surface area contributed by atoms with Gasteiger partial charge in [-0.15, -0.1) is 0 Å². The van der Waals surface area contributed by atoms with Crippen LogP contribution in [0, 0.1) is 0 Å². The van der Waals surface area contributed by atoms with Gasteiger partial charge in [0.05, 0.1) is 30.1 Å². The van der Waals surface area contributed by atoms with Crippen molar-refractivity contribution in [1.82, 2.24) is 14.9 Å². The zero-order chi connectivity index (χ0) is 27.6. The average Bonchev–Trinajstić information content (AvgIpc) is 2.97. The number of para-hydroxylation sites is 1. The molecule has 0 bridgehead atoms. The van der Waals surface area contributed by atoms with Crippen LogP contribution in [0.25, 0.3) is 10.9 Å². The summed E-state index contributed by atoms with van der Waals surface area (Å²) in [5.41, 5.74) is 2.39. The lowest BCUT2D eigenvalue weighted by Crippen LogP contribution is -2.41. The Balaban J connectivity index is 1.36. The first-order chi connectivity index (χ1) is 19.0. The molecule has 2 atom stereocenters. The Hall–Kier alpha value is -4.01. The second kappa shape index (κ2) is 13.7. The molecule has 0 unspecified atom stereocenters. The van der Waals surface area contributed by atoms with Gasteiger partial charge in [-0.2, -0.15) is 0 Å². The zero-order valence-electron chi connectivity index (χ0n) is 22.4. The number of carbonyl (C=O) groups excluding carboxylic acids is 1. The van der Waals surface area contributed by atoms with E-state index < -0.39 is 12.1 Å². The molecule has 0 spiro atoms. The number of aromatic nitrogens is 2. The molecule has 3 aromatic carbocycles. The summed E-state index contributed by atoms with van der Waals surface area (Å²) in [7, 11) is 0. The molecule has 0 aliphatic carbocycles. The molecule has 2 N–H and O–H groups in total. The third kappa shape index (κ3) is 7.10. The number of hydrogen-bond donors (Lipinski definition) is 2. The highest BCUT2D eigenvalue weighted by Gasteiger charge is 2.23. The Labute approximate surface area is 228 Å². The van der Waals surface area contributed by atoms with Gasteiger partial charge in [0.1, 0.15) is 24.3 Å². The first-order valence-corrected chi connectivity index (χ1v) is 13.3. The third-order valence-corrected chi connectivity index (χ3v) is 6.55. The van der Waals surface area contributed by atoms with Gasteiger partial charge in [0, 0.05) is 19.4 Å². The summed E-state index contributed by atoms with van der Waals surface area (Å²) in [4.78, 5) is 30.6. The van der Waals surface area contributed by atoms with Gasteiger partial charge >= 0.3 is 0 Å². The molecular formula is C31H35N3O5. The molecule has 1 amide bonds. The number of ether oxygens (including phenoxy) is 2. The molecule has 4 aromatic rings. The number of hydrogen-bond acceptors (Lipinski definition) is 6. The normalized spacial score (nSPS) is 12.7. The fraction of sp³-hybridized carbons (Fsp3) is 0.323. The van der Waals surface area contributed by atoms with Crippen molar-refractivity contribution in [2.75, 3.05) is 19.8 Å². The molecule has 1 heterocycles. The van der Waals surface area contributed by atoms with Gasteiger partial charge in [0.2, 0.25) is 5.91 Å². The van der Waals surface area contributed by atoms with E-state index in [1.54, 1.807) is 10.6 Å². The Morgan fingerprint density at radius 1 is 1.00 bits per heavy atom. The number of aliphatic hydroxyl groups is 1. The fourth-order valence-electron chi connectivity index (χ4n) is 4.52. The summed E-state index contributed by atoms with van der Waals surface area (Å²) in [6.07, 6.45) is 0.331. The zero-order valence-corrected chi connectivity index (χ0v) is 22.4. The Morgan fingerprint density at radius 2 is 1.72 bits per heavy atom. The van der Waals surface area contributed by atoms with Gasteiger partial charge in [-0.1, -0.05) is 61.5 Å². The maximum atomic E-state index is 13.0. The number of nitrogens with zero attached hydrogens (tertiary/aromatic N) is 2. The van der Waals surface area contributed by atoms with E-state index in [0.717, 1.165) is 17.0 Å². The predicted molar refractivity (Wildman–Crippen MR) is 151 cm³/mol. The first kappa shape index (κ1) is 28.0. The smallest absolute Gasteiger partial charge is 0.261 e. The Kier molecular flexibility index (Phi) is 9.83. The number of rotatable bonds is 13. The first-order valence-electron chi connectivity index (χ1n) is 13.3. The van der Waals surface area contributed by atoms with Gasteiger partial charge in [-0.3, -0.25) is 14.2 Å². The molecule has 8 nitrogen and oxygen atoms in total. The molecule has 0 radical (unpaired) electrons. The van der Waals surface area contributed by atoms with Crippen LogP contribution in [-0.4, -0.2) is 46.5 Å². The van der Waals surface area contributed by atoms with Gasteiger partial charge in [-0.05, 0) is 42.3 Å². The topological polar surface area (TPSA) is 103 Å². The second-order valence-electron chi connectivity index (χ2n) is 9.15. The quantitative estimate of drug-likeness (QED) is 0.273. The average molecular weight is 530 g/mol. The van der Waals surface area contributed by atoms with Crippen molar-refractivity contribution in [3.05, 3.63) is 106 Å². The highest BCUT2D eigenvalue weighted by molar-refractivity contribution is 5.81. The second-order valence-corrected chi connectivity index (χ2v) is 9.15. The van der Waals surface area contributed by atoms with Gasteiger partial charge in [0.15, 0.2) is 0 Å². The van der Waals surface area contributed by atoms with E-state index in [9.17, 15) is 14.7 Å². The molecule has 8 heteroatoms. The van der Waals surface area contributed by atoms with Crippen molar-refractivity contribution in [2.24, 2.45) is 0 Å². The third-order valence-electron chi connectivity index (χ3n) is 6.55. The van der Waals surface area contributed by atoms with Crippen LogP contribution in [0.15, 0.2) is 83.7 Å². The maximum absolute atomic E-state index is 13.0. The molecule has 0 fully saturated rings. The summed E-state index contributed by atoms with van der Waals surface area (Å²) in [6.45, 7) is 4.71. The molecule has 0 saturated heterocycles. The van der Waals surface area contributed by atoms with E-state index in [4.69, 9.17) is 9.47 Å². The molecule has 204 valence electrons. The van der Waals surface area contributed by atoms with Crippen molar-refractivity contribution in [3.63, 3.8) is 0 Å². The summed E-state index contributed by atoms with van der Waals surface area (Å²) >= 11 is 0. The Morgan fingerprint density at radius 3 is 2.41 bits per heavy atom. The largest absolute Gasteiger partial charge is 0.492 e. The van der Waals surface area contributed by atoms with Crippen molar-refractivity contribution >= 4 is 16.8 Å². The lowest BCUT2D eigenvalue weighted by molar-refractivity contribution is -0.133. The summed E-state index contributed by atoms with van der Waals surface area (Å²) in [5, 5.41) is 13.3. The highest BCUT2D eigenvalue weighted by Crippen LogP contribution is 2.17. The lowest BCUT2D eigenvalue weighted by Gasteiger charge is -2.22. The van der Waals surface area contributed by atoms with Crippen molar-refractivity contribution in [2.45, 2.75) is 45.4 Å². The van der Waals surface area contributed by atoms with Crippen LogP contribution in [0.4, 0.5) is 0 Å². The summed E-state index contributed by atoms with van der Waals surface area (Å²) in [5.74, 6) is 1.12. The number of aliphatic hydroxyl groups excluding tert-OH is 1. The van der Waals surface area contributed by atoms with Crippen LogP contribution in [0.5, 0.6) is 5.75 Å². The molecular weight excluding hydrogens is 494 g/mol. The minimum Gasteiger partial charge on any atom is -0.492 e. The number of aryl methyl sites for hydroxylation is 1. The Bertz CT molecular complexity index is 1420. The van der Waals surface area contributed by atoms with Gasteiger partial charge in [-0.25, -0.2) is 4.98 Å². The summed E-state index contributed by atoms with van der Waals surface area (Å²) in [6, 6.07) is 23.7. The number of benzene rings is 3. The van der Waals surface area contributed by atoms with Crippen LogP contribution in [0.1, 0.15) is 36.8 Å². The fourth-order valence-corrected chi connectivity index (χ4v) is 4.52. The van der Waals surface area contributed by atoms with E-state index in [2.05, 4.69) is 10.3 Å². The van der Waals surface area contributed by atoms with E-state index in [-0.39, 0.29) is 18.1 Å². The van der Waals surface area contributed by atoms with E-state index >= 15 is 0 Å². The maximum Gasteiger partial charge on any atom is 0.261 e. The molecule has 0 saturated carbocycles. The van der Waals surface area contributed by atoms with Crippen LogP contribution in [0.3, 0.4) is 0 Å². The lowest BCUT2D eigenvalue weighted by atomic mass is 10.0. The van der Waals surface area contributed by atoms with E-state index in [1.165, 1.54) is 0 Å². The molecule has 1 aromatic heterocycles. The number of amides is 1. The van der Waals surface area contributed by atoms with Gasteiger partial charge < -0.3 is 19.9 Å². The van der Waals surface area contributed by atoms with E-state index in [0.29, 0.717) is 49.3 Å². The van der Waals surface area contributed by atoms with Crippen molar-refractivity contribution < 1.29 is 19.4 Å². The van der Waals surface area contributed by atoms with Crippen LogP contribution in [-0.2, 0) is 28.9 Å². The number of fused-ring (bicyclic) bond motifs is 1. The van der Waals surface area contributed by atoms with Crippen molar-refractivity contribution in [3.8, 4) is 5.75 Å². The van der Waals surface area contributed by atoms with Crippen LogP contribution in [0.2, 0.25) is 0 Å². The monoisotopic (exact) mass is 529 g/mol. The van der Waals surface area contributed by atoms with Crippen molar-refractivity contribution in [1.29, 1.82) is 0 Å².